The first kappa shape index (κ1) is 24.5. The van der Waals surface area contributed by atoms with Crippen LogP contribution in [0.4, 0.5) is 8.78 Å². The molecule has 4 nitrogen and oxygen atoms in total. The summed E-state index contributed by atoms with van der Waals surface area (Å²) >= 11 is 0. The van der Waals surface area contributed by atoms with Gasteiger partial charge in [-0.15, -0.1) is 0 Å². The molecule has 0 unspecified atom stereocenters. The number of benzene rings is 2. The van der Waals surface area contributed by atoms with Gasteiger partial charge in [0.25, 0.3) is 0 Å². The second-order valence-corrected chi connectivity index (χ2v) is 7.06. The second kappa shape index (κ2) is 11.0. The Morgan fingerprint density at radius 2 is 1.56 bits per heavy atom. The third kappa shape index (κ3) is 6.35. The maximum absolute atomic E-state index is 14.7. The highest BCUT2D eigenvalue weighted by Crippen LogP contribution is 2.28. The van der Waals surface area contributed by atoms with Gasteiger partial charge in [-0.05, 0) is 62.6 Å². The molecule has 32 heavy (non-hydrogen) atoms. The third-order valence-electron chi connectivity index (χ3n) is 4.35. The van der Waals surface area contributed by atoms with E-state index in [1.165, 1.54) is 56.3 Å². The van der Waals surface area contributed by atoms with Crippen LogP contribution >= 0.6 is 0 Å². The number of allylic oxidation sites excluding steroid dienone is 3. The third-order valence-corrected chi connectivity index (χ3v) is 4.35. The average molecular weight is 438 g/mol. The van der Waals surface area contributed by atoms with E-state index in [2.05, 4.69) is 13.2 Å². The van der Waals surface area contributed by atoms with Crippen molar-refractivity contribution >= 4 is 11.9 Å². The van der Waals surface area contributed by atoms with E-state index in [-0.39, 0.29) is 40.2 Å². The molecule has 0 bridgehead atoms. The molecule has 2 aromatic carbocycles. The topological polar surface area (TPSA) is 52.6 Å². The summed E-state index contributed by atoms with van der Waals surface area (Å²) in [4.78, 5) is 23.1. The van der Waals surface area contributed by atoms with Crippen LogP contribution in [0.15, 0.2) is 84.7 Å². The van der Waals surface area contributed by atoms with Crippen LogP contribution in [0.3, 0.4) is 0 Å². The molecule has 0 fully saturated rings. The first-order chi connectivity index (χ1) is 15.1. The monoisotopic (exact) mass is 438 g/mol. The maximum atomic E-state index is 14.7. The molecule has 0 saturated heterocycles. The van der Waals surface area contributed by atoms with Gasteiger partial charge in [0.1, 0.15) is 11.5 Å². The van der Waals surface area contributed by atoms with E-state index in [0.717, 1.165) is 0 Å². The van der Waals surface area contributed by atoms with Crippen LogP contribution < -0.4 is 4.74 Å². The molecule has 0 heterocycles. The minimum atomic E-state index is -0.984. The van der Waals surface area contributed by atoms with Crippen molar-refractivity contribution in [1.29, 1.82) is 0 Å². The van der Waals surface area contributed by atoms with Crippen LogP contribution in [0.1, 0.15) is 26.3 Å². The normalized spacial score (nSPS) is 11.3. The lowest BCUT2D eigenvalue weighted by Crippen LogP contribution is -2.07. The van der Waals surface area contributed by atoms with Crippen LogP contribution in [0, 0.1) is 11.6 Å². The van der Waals surface area contributed by atoms with Crippen molar-refractivity contribution in [2.75, 3.05) is 0 Å². The largest absolute Gasteiger partial charge is 0.424 e. The van der Waals surface area contributed by atoms with E-state index < -0.39 is 23.6 Å². The van der Waals surface area contributed by atoms with E-state index in [9.17, 15) is 18.4 Å². The molecule has 0 atom stereocenters. The lowest BCUT2D eigenvalue weighted by molar-refractivity contribution is -0.134. The first-order valence-electron chi connectivity index (χ1n) is 9.79. The van der Waals surface area contributed by atoms with Crippen molar-refractivity contribution in [1.82, 2.24) is 0 Å². The van der Waals surface area contributed by atoms with Crippen LogP contribution in [0.5, 0.6) is 5.75 Å². The smallest absolute Gasteiger partial charge is 0.338 e. The number of esters is 2. The summed E-state index contributed by atoms with van der Waals surface area (Å²) in [5.74, 6) is -2.53. The van der Waals surface area contributed by atoms with Crippen LogP contribution in [0.25, 0.3) is 11.1 Å². The van der Waals surface area contributed by atoms with Crippen molar-refractivity contribution in [2.45, 2.75) is 27.2 Å². The molecule has 0 aliphatic rings. The molecule has 0 aromatic heterocycles. The summed E-state index contributed by atoms with van der Waals surface area (Å²) in [6.45, 7) is 11.8. The number of ether oxygens (including phenoxy) is 2. The van der Waals surface area contributed by atoms with E-state index >= 15 is 0 Å². The summed E-state index contributed by atoms with van der Waals surface area (Å²) in [5.41, 5.74) is 1.17. The SMILES string of the molecule is C=C(C)C(=O)OC(/C=C\Cc1ccc(-c2ccc(OC(=O)C(=C)C)cc2)c(F)c1F)=C/C. The van der Waals surface area contributed by atoms with Gasteiger partial charge in [0, 0.05) is 16.7 Å². The highest BCUT2D eigenvalue weighted by molar-refractivity contribution is 5.89. The molecule has 0 aliphatic carbocycles. The minimum absolute atomic E-state index is 0.0811. The summed E-state index contributed by atoms with van der Waals surface area (Å²) < 4.78 is 39.5. The molecule has 166 valence electrons. The highest BCUT2D eigenvalue weighted by atomic mass is 19.2. The minimum Gasteiger partial charge on any atom is -0.424 e. The van der Waals surface area contributed by atoms with Gasteiger partial charge >= 0.3 is 11.9 Å². The Labute approximate surface area is 186 Å². The number of hydrogen-bond donors (Lipinski definition) is 0. The Hall–Kier alpha value is -3.80. The molecule has 2 rings (SSSR count). The number of hydrogen-bond acceptors (Lipinski definition) is 4. The van der Waals surface area contributed by atoms with Crippen molar-refractivity contribution in [3.63, 3.8) is 0 Å². The Kier molecular flexibility index (Phi) is 8.41. The van der Waals surface area contributed by atoms with E-state index in [4.69, 9.17) is 9.47 Å². The fourth-order valence-electron chi connectivity index (χ4n) is 2.55. The van der Waals surface area contributed by atoms with Crippen molar-refractivity contribution in [3.8, 4) is 16.9 Å². The highest BCUT2D eigenvalue weighted by Gasteiger charge is 2.15. The molecule has 6 heteroatoms. The number of halogens is 2. The number of carbonyl (C=O) groups excluding carboxylic acids is 2. The Morgan fingerprint density at radius 3 is 2.12 bits per heavy atom. The summed E-state index contributed by atoms with van der Waals surface area (Å²) in [6, 6.07) is 9.03. The fraction of sp³-hybridized carbons (Fsp3) is 0.154. The molecule has 0 radical (unpaired) electrons. The zero-order chi connectivity index (χ0) is 23.8. The zero-order valence-electron chi connectivity index (χ0n) is 18.2. The maximum Gasteiger partial charge on any atom is 0.338 e. The van der Waals surface area contributed by atoms with Crippen molar-refractivity contribution in [3.05, 3.63) is 102 Å². The van der Waals surface area contributed by atoms with E-state index in [1.54, 1.807) is 19.1 Å². The molecule has 0 aliphatic heterocycles. The lowest BCUT2D eigenvalue weighted by Gasteiger charge is -2.09. The number of carbonyl (C=O) groups is 2. The second-order valence-electron chi connectivity index (χ2n) is 7.06. The molecule has 2 aromatic rings. The predicted octanol–water partition coefficient (Wildman–Crippen LogP) is 6.24. The Bertz CT molecular complexity index is 1110. The first-order valence-corrected chi connectivity index (χ1v) is 9.79. The van der Waals surface area contributed by atoms with Gasteiger partial charge in [-0.3, -0.25) is 0 Å². The fourth-order valence-corrected chi connectivity index (χ4v) is 2.55. The quantitative estimate of drug-likeness (QED) is 0.161. The molecular weight excluding hydrogens is 414 g/mol. The van der Waals surface area contributed by atoms with Crippen LogP contribution in [-0.4, -0.2) is 11.9 Å². The molecule has 0 amide bonds. The molecule has 0 saturated carbocycles. The van der Waals surface area contributed by atoms with Crippen LogP contribution in [0.2, 0.25) is 0 Å². The van der Waals surface area contributed by atoms with Gasteiger partial charge in [-0.2, -0.15) is 0 Å². The van der Waals surface area contributed by atoms with Crippen molar-refractivity contribution < 1.29 is 27.8 Å². The van der Waals surface area contributed by atoms with Gasteiger partial charge in [0.15, 0.2) is 11.6 Å². The molecule has 0 N–H and O–H groups in total. The molecular formula is C26H24F2O4. The van der Waals surface area contributed by atoms with E-state index in [1.807, 2.05) is 0 Å². The zero-order valence-corrected chi connectivity index (χ0v) is 18.2. The van der Waals surface area contributed by atoms with E-state index in [0.29, 0.717) is 5.56 Å². The molecule has 0 spiro atoms. The summed E-state index contributed by atoms with van der Waals surface area (Å²) in [6.07, 6.45) is 4.76. The van der Waals surface area contributed by atoms with Crippen molar-refractivity contribution in [2.24, 2.45) is 0 Å². The number of rotatable bonds is 8. The van der Waals surface area contributed by atoms with Crippen LogP contribution in [-0.2, 0) is 20.7 Å². The Morgan fingerprint density at radius 1 is 0.938 bits per heavy atom. The lowest BCUT2D eigenvalue weighted by atomic mass is 10.0. The van der Waals surface area contributed by atoms with Gasteiger partial charge in [-0.25, -0.2) is 18.4 Å². The van der Waals surface area contributed by atoms with Gasteiger partial charge in [-0.1, -0.05) is 43.5 Å². The van der Waals surface area contributed by atoms with Gasteiger partial charge in [0.05, 0.1) is 0 Å². The summed E-state index contributed by atoms with van der Waals surface area (Å²) in [7, 11) is 0. The predicted molar refractivity (Wildman–Crippen MR) is 120 cm³/mol. The summed E-state index contributed by atoms with van der Waals surface area (Å²) in [5, 5.41) is 0. The van der Waals surface area contributed by atoms with Gasteiger partial charge in [0.2, 0.25) is 0 Å². The Balaban J connectivity index is 2.15. The average Bonchev–Trinajstić information content (AvgIpc) is 2.76. The van der Waals surface area contributed by atoms with Gasteiger partial charge < -0.3 is 9.47 Å². The standard InChI is InChI=1S/C26H24F2O4/c1-6-20(31-25(29)16(2)3)9-7-8-19-12-15-22(24(28)23(19)27)18-10-13-21(14-11-18)32-26(30)17(4)5/h6-7,9-15H,2,4,8H2,1,3,5H3/b9-7-,20-6+.